The number of hydrogen-bond acceptors (Lipinski definition) is 4. The summed E-state index contributed by atoms with van der Waals surface area (Å²) in [5.74, 6) is 0. The first-order chi connectivity index (χ1) is 10.1. The number of hydrogen-bond donors (Lipinski definition) is 0. The maximum Gasteiger partial charge on any atom is 0.0839 e. The summed E-state index contributed by atoms with van der Waals surface area (Å²) in [5, 5.41) is 0. The van der Waals surface area contributed by atoms with Crippen molar-refractivity contribution in [1.82, 2.24) is 9.97 Å². The van der Waals surface area contributed by atoms with E-state index < -0.39 is 0 Å². The average molecular weight is 280 g/mol. The molecule has 0 unspecified atom stereocenters. The maximum atomic E-state index is 4.35. The Kier molecular flexibility index (Phi) is 4.93. The van der Waals surface area contributed by atoms with E-state index in [9.17, 15) is 0 Å². The van der Waals surface area contributed by atoms with Crippen LogP contribution in [0.2, 0.25) is 0 Å². The molecule has 0 radical (unpaired) electrons. The molecule has 4 nitrogen and oxygen atoms in total. The second-order valence-corrected chi connectivity index (χ2v) is 4.89. The predicted octanol–water partition coefficient (Wildman–Crippen LogP) is 2.95. The van der Waals surface area contributed by atoms with Crippen LogP contribution in [0.4, 0.5) is 0 Å². The molecule has 0 atom stereocenters. The van der Waals surface area contributed by atoms with Gasteiger partial charge in [-0.2, -0.15) is 0 Å². The molecule has 0 amide bonds. The minimum Gasteiger partial charge on any atom is -0.291 e. The fraction of sp³-hybridized carbons (Fsp3) is 0.294. The van der Waals surface area contributed by atoms with Crippen molar-refractivity contribution in [2.45, 2.75) is 20.3 Å². The Bertz CT molecular complexity index is 627. The van der Waals surface area contributed by atoms with Gasteiger partial charge in [-0.3, -0.25) is 20.0 Å². The third-order valence-electron chi connectivity index (χ3n) is 3.47. The molecule has 0 bridgehead atoms. The quantitative estimate of drug-likeness (QED) is 0.808. The molecular formula is C17H20N4. The van der Waals surface area contributed by atoms with Gasteiger partial charge in [0.1, 0.15) is 0 Å². The van der Waals surface area contributed by atoms with Crippen molar-refractivity contribution in [3.63, 3.8) is 0 Å². The molecule has 21 heavy (non-hydrogen) atoms. The Morgan fingerprint density at radius 2 is 1.29 bits per heavy atom. The van der Waals surface area contributed by atoms with E-state index in [4.69, 9.17) is 0 Å². The predicted molar refractivity (Wildman–Crippen MR) is 87.6 cm³/mol. The average Bonchev–Trinajstić information content (AvgIpc) is 2.53. The first-order valence-electron chi connectivity index (χ1n) is 6.91. The number of aliphatic imine (C=N–C) groups is 2. The van der Waals surface area contributed by atoms with Crippen molar-refractivity contribution in [3.05, 3.63) is 59.2 Å². The molecule has 2 aromatic rings. The second-order valence-electron chi connectivity index (χ2n) is 4.89. The minimum absolute atomic E-state index is 0.846. The lowest BCUT2D eigenvalue weighted by atomic mass is 10.0. The lowest BCUT2D eigenvalue weighted by Gasteiger charge is -2.06. The molecule has 0 aliphatic heterocycles. The van der Waals surface area contributed by atoms with E-state index >= 15 is 0 Å². The molecule has 2 aromatic heterocycles. The van der Waals surface area contributed by atoms with Crippen LogP contribution in [0.25, 0.3) is 0 Å². The van der Waals surface area contributed by atoms with E-state index in [-0.39, 0.29) is 0 Å². The molecule has 0 saturated heterocycles. The SMILES string of the molecule is C/N=C(\C)c1cc(Cc2ccnc(/C(C)=N/C)c2)ccn1. The molecule has 0 fully saturated rings. The highest BCUT2D eigenvalue weighted by atomic mass is 14.8. The smallest absolute Gasteiger partial charge is 0.0839 e. The Labute approximate surface area is 125 Å². The van der Waals surface area contributed by atoms with Gasteiger partial charge in [-0.05, 0) is 55.7 Å². The topological polar surface area (TPSA) is 50.5 Å². The van der Waals surface area contributed by atoms with Crippen LogP contribution in [0.5, 0.6) is 0 Å². The summed E-state index contributed by atoms with van der Waals surface area (Å²) in [5.41, 5.74) is 6.17. The van der Waals surface area contributed by atoms with Gasteiger partial charge in [-0.15, -0.1) is 0 Å². The zero-order valence-electron chi connectivity index (χ0n) is 13.0. The van der Waals surface area contributed by atoms with Gasteiger partial charge >= 0.3 is 0 Å². The van der Waals surface area contributed by atoms with Crippen molar-refractivity contribution in [1.29, 1.82) is 0 Å². The van der Waals surface area contributed by atoms with Crippen LogP contribution in [0.3, 0.4) is 0 Å². The van der Waals surface area contributed by atoms with E-state index in [2.05, 4.69) is 32.1 Å². The van der Waals surface area contributed by atoms with E-state index in [1.165, 1.54) is 11.1 Å². The number of pyridine rings is 2. The van der Waals surface area contributed by atoms with E-state index in [0.29, 0.717) is 0 Å². The van der Waals surface area contributed by atoms with Crippen LogP contribution < -0.4 is 0 Å². The van der Waals surface area contributed by atoms with Crippen molar-refractivity contribution in [2.75, 3.05) is 14.1 Å². The van der Waals surface area contributed by atoms with Gasteiger partial charge in [0.2, 0.25) is 0 Å². The first-order valence-corrected chi connectivity index (χ1v) is 6.91. The molecule has 0 saturated carbocycles. The zero-order valence-corrected chi connectivity index (χ0v) is 13.0. The summed E-state index contributed by atoms with van der Waals surface area (Å²) in [6.45, 7) is 3.94. The maximum absolute atomic E-state index is 4.35. The Hall–Kier alpha value is -2.36. The van der Waals surface area contributed by atoms with Crippen molar-refractivity contribution in [3.8, 4) is 0 Å². The molecule has 4 heteroatoms. The van der Waals surface area contributed by atoms with E-state index in [1.807, 2.05) is 38.4 Å². The molecule has 108 valence electrons. The van der Waals surface area contributed by atoms with Crippen LogP contribution in [0.1, 0.15) is 36.4 Å². The van der Waals surface area contributed by atoms with Crippen LogP contribution in [0, 0.1) is 0 Å². The van der Waals surface area contributed by atoms with Crippen molar-refractivity contribution in [2.24, 2.45) is 9.98 Å². The molecule has 0 aliphatic carbocycles. The van der Waals surface area contributed by atoms with Gasteiger partial charge in [0, 0.05) is 26.5 Å². The summed E-state index contributed by atoms with van der Waals surface area (Å²) in [6, 6.07) is 8.24. The summed E-state index contributed by atoms with van der Waals surface area (Å²) < 4.78 is 0. The Morgan fingerprint density at radius 3 is 1.67 bits per heavy atom. The summed E-state index contributed by atoms with van der Waals surface area (Å²) in [6.07, 6.45) is 4.51. The van der Waals surface area contributed by atoms with Gasteiger partial charge in [0.05, 0.1) is 22.8 Å². The Balaban J connectivity index is 2.26. The van der Waals surface area contributed by atoms with E-state index in [0.717, 1.165) is 29.2 Å². The highest BCUT2D eigenvalue weighted by Gasteiger charge is 2.04. The van der Waals surface area contributed by atoms with Crippen LogP contribution in [-0.2, 0) is 6.42 Å². The summed E-state index contributed by atoms with van der Waals surface area (Å²) in [7, 11) is 3.57. The molecular weight excluding hydrogens is 260 g/mol. The molecule has 2 heterocycles. The minimum atomic E-state index is 0.846. The normalized spacial score (nSPS) is 12.6. The number of aromatic nitrogens is 2. The Morgan fingerprint density at radius 1 is 0.857 bits per heavy atom. The van der Waals surface area contributed by atoms with Crippen molar-refractivity contribution < 1.29 is 0 Å². The number of nitrogens with zero attached hydrogens (tertiary/aromatic N) is 4. The molecule has 0 N–H and O–H groups in total. The monoisotopic (exact) mass is 280 g/mol. The highest BCUT2D eigenvalue weighted by molar-refractivity contribution is 5.97. The fourth-order valence-electron chi connectivity index (χ4n) is 2.03. The van der Waals surface area contributed by atoms with Gasteiger partial charge < -0.3 is 0 Å². The van der Waals surface area contributed by atoms with E-state index in [1.54, 1.807) is 14.1 Å². The van der Waals surface area contributed by atoms with Gasteiger partial charge in [0.25, 0.3) is 0 Å². The first kappa shape index (κ1) is 15.0. The fourth-order valence-corrected chi connectivity index (χ4v) is 2.03. The van der Waals surface area contributed by atoms with Crippen molar-refractivity contribution >= 4 is 11.4 Å². The van der Waals surface area contributed by atoms with Gasteiger partial charge in [-0.1, -0.05) is 0 Å². The van der Waals surface area contributed by atoms with Crippen LogP contribution in [-0.4, -0.2) is 35.5 Å². The van der Waals surface area contributed by atoms with Crippen LogP contribution >= 0.6 is 0 Å². The zero-order chi connectivity index (χ0) is 15.2. The molecule has 0 spiro atoms. The third-order valence-corrected chi connectivity index (χ3v) is 3.47. The van der Waals surface area contributed by atoms with Gasteiger partial charge in [0.15, 0.2) is 0 Å². The molecule has 2 rings (SSSR count). The summed E-state index contributed by atoms with van der Waals surface area (Å²) in [4.78, 5) is 17.1. The highest BCUT2D eigenvalue weighted by Crippen LogP contribution is 2.12. The second kappa shape index (κ2) is 6.88. The summed E-state index contributed by atoms with van der Waals surface area (Å²) >= 11 is 0. The lowest BCUT2D eigenvalue weighted by Crippen LogP contribution is -2.02. The number of rotatable bonds is 4. The molecule has 0 aromatic carbocycles. The standard InChI is InChI=1S/C17H20N4/c1-12(18-3)16-10-14(5-7-20-16)9-15-6-8-21-17(11-15)13(2)19-4/h5-8,10-11H,9H2,1-4H3/b18-12+,19-13+. The molecule has 0 aliphatic rings. The largest absolute Gasteiger partial charge is 0.291 e. The lowest BCUT2D eigenvalue weighted by molar-refractivity contribution is 1.12. The van der Waals surface area contributed by atoms with Gasteiger partial charge in [-0.25, -0.2) is 0 Å². The third kappa shape index (κ3) is 3.81. The van der Waals surface area contributed by atoms with Crippen LogP contribution in [0.15, 0.2) is 46.6 Å².